The number of halogens is 7. The minimum Gasteiger partial charge on any atom is -0.549 e. The summed E-state index contributed by atoms with van der Waals surface area (Å²) in [6, 6.07) is 0. The maximum Gasteiger partial charge on any atom is 1.00 e. The molecule has 0 spiro atoms. The summed E-state index contributed by atoms with van der Waals surface area (Å²) in [7, 11) is -4.51. The van der Waals surface area contributed by atoms with Crippen LogP contribution in [-0.2, 0) is 14.8 Å². The Balaban J connectivity index is 0. The van der Waals surface area contributed by atoms with Crippen LogP contribution in [0.5, 0.6) is 0 Å². The molecular formula is C12H17F7KNO4S. The summed E-state index contributed by atoms with van der Waals surface area (Å²) in [4.78, 5) is 10.4. The molecule has 150 valence electrons. The van der Waals surface area contributed by atoms with E-state index in [1.807, 2.05) is 0 Å². The van der Waals surface area contributed by atoms with Gasteiger partial charge in [0, 0.05) is 13.0 Å². The number of carboxylic acids is 1. The third-order valence-corrected chi connectivity index (χ3v) is 5.39. The number of carboxylic acid groups (broad SMARTS) is 1. The Hall–Kier alpha value is 0.526. The summed E-state index contributed by atoms with van der Waals surface area (Å²) < 4.78 is 113. The minimum absolute atomic E-state index is 0. The summed E-state index contributed by atoms with van der Waals surface area (Å²) in [6.07, 6.45) is -14.2. The van der Waals surface area contributed by atoms with Crippen LogP contribution in [0.3, 0.4) is 0 Å². The van der Waals surface area contributed by atoms with Crippen molar-refractivity contribution in [2.75, 3.05) is 18.8 Å². The molecule has 0 aromatic carbocycles. The number of aliphatic carboxylic acids is 1. The van der Waals surface area contributed by atoms with E-state index in [2.05, 4.69) is 0 Å². The van der Waals surface area contributed by atoms with Gasteiger partial charge in [-0.15, -0.1) is 0 Å². The number of likely N-dealkylation sites (N-methyl/N-ethyl adjacent to an activating group) is 1. The average Bonchev–Trinajstić information content (AvgIpc) is 2.37. The van der Waals surface area contributed by atoms with Crippen molar-refractivity contribution in [3.8, 4) is 0 Å². The van der Waals surface area contributed by atoms with Gasteiger partial charge in [-0.1, -0.05) is 6.92 Å². The number of nitrogens with zero attached hydrogens (tertiary/aromatic N) is 1. The molecule has 0 saturated heterocycles. The van der Waals surface area contributed by atoms with Crippen LogP contribution in [-0.4, -0.2) is 55.6 Å². The smallest absolute Gasteiger partial charge is 0.549 e. The van der Waals surface area contributed by atoms with Crippen LogP contribution in [0.1, 0.15) is 26.7 Å². The van der Waals surface area contributed by atoms with Crippen LogP contribution < -0.4 is 56.5 Å². The zero-order valence-electron chi connectivity index (χ0n) is 14.2. The minimum atomic E-state index is -5.56. The molecule has 0 aliphatic heterocycles. The summed E-state index contributed by atoms with van der Waals surface area (Å²) in [6.45, 7) is -0.353. The first-order chi connectivity index (χ1) is 10.9. The first-order valence-electron chi connectivity index (χ1n) is 6.94. The Kier molecular flexibility index (Phi) is 11.4. The largest absolute Gasteiger partial charge is 1.00 e. The molecule has 14 heteroatoms. The van der Waals surface area contributed by atoms with Gasteiger partial charge in [0.2, 0.25) is 15.7 Å². The molecule has 0 aromatic rings. The van der Waals surface area contributed by atoms with Gasteiger partial charge < -0.3 is 9.90 Å². The molecule has 0 radical (unpaired) electrons. The molecule has 5 nitrogen and oxygen atoms in total. The first-order valence-corrected chi connectivity index (χ1v) is 8.55. The molecule has 0 N–H and O–H groups in total. The van der Waals surface area contributed by atoms with Crippen LogP contribution in [0.25, 0.3) is 0 Å². The quantitative estimate of drug-likeness (QED) is 0.326. The van der Waals surface area contributed by atoms with E-state index in [1.165, 1.54) is 6.92 Å². The predicted octanol–water partition coefficient (Wildman–Crippen LogP) is -1.36. The molecule has 0 heterocycles. The fraction of sp³-hybridized carbons (Fsp3) is 0.917. The standard InChI is InChI=1S/C12H18F7NO4S.K/c1-3-20(7-9(21)22)25(23,24)5-4-8(11(14,15)16)6-10(2,13)12(17,18)19;/h8H,3-7H2,1-2H3,(H,21,22);/q;+1/p-1. The van der Waals surface area contributed by atoms with E-state index in [0.29, 0.717) is 4.31 Å². The van der Waals surface area contributed by atoms with Crippen molar-refractivity contribution in [2.45, 2.75) is 44.7 Å². The van der Waals surface area contributed by atoms with Crippen molar-refractivity contribution >= 4 is 16.0 Å². The molecule has 0 aromatic heterocycles. The number of carbonyl (C=O) groups excluding carboxylic acids is 1. The van der Waals surface area contributed by atoms with Crippen LogP contribution in [0, 0.1) is 5.92 Å². The topological polar surface area (TPSA) is 77.5 Å². The van der Waals surface area contributed by atoms with E-state index >= 15 is 0 Å². The Morgan fingerprint density at radius 3 is 1.88 bits per heavy atom. The van der Waals surface area contributed by atoms with Gasteiger partial charge in [0.15, 0.2) is 0 Å². The van der Waals surface area contributed by atoms with Gasteiger partial charge in [0.1, 0.15) is 0 Å². The number of hydrogen-bond donors (Lipinski definition) is 0. The predicted molar refractivity (Wildman–Crippen MR) is 70.4 cm³/mol. The van der Waals surface area contributed by atoms with Gasteiger partial charge in [0.05, 0.1) is 24.2 Å². The van der Waals surface area contributed by atoms with Crippen molar-refractivity contribution in [2.24, 2.45) is 5.92 Å². The normalized spacial score (nSPS) is 16.7. The molecule has 0 aliphatic carbocycles. The number of sulfonamides is 1. The van der Waals surface area contributed by atoms with Crippen LogP contribution in [0.15, 0.2) is 0 Å². The fourth-order valence-corrected chi connectivity index (χ4v) is 3.47. The van der Waals surface area contributed by atoms with Gasteiger partial charge in [-0.25, -0.2) is 12.8 Å². The SMILES string of the molecule is CCN(CC(=O)[O-])S(=O)(=O)CCC(CC(C)(F)C(F)(F)F)C(F)(F)F.[K+]. The maximum atomic E-state index is 13.5. The zero-order chi connectivity index (χ0) is 20.3. The molecular weight excluding hydrogens is 426 g/mol. The first kappa shape index (κ1) is 28.7. The van der Waals surface area contributed by atoms with E-state index in [-0.39, 0.29) is 58.3 Å². The van der Waals surface area contributed by atoms with Crippen LogP contribution in [0.2, 0.25) is 0 Å². The number of hydrogen-bond acceptors (Lipinski definition) is 4. The summed E-state index contributed by atoms with van der Waals surface area (Å²) in [5, 5.41) is 10.4. The number of alkyl halides is 7. The maximum absolute atomic E-state index is 13.5. The second-order valence-corrected chi connectivity index (χ2v) is 7.63. The molecule has 0 rings (SSSR count). The third-order valence-electron chi connectivity index (χ3n) is 3.46. The number of rotatable bonds is 9. The number of carbonyl (C=O) groups is 1. The van der Waals surface area contributed by atoms with Crippen LogP contribution >= 0.6 is 0 Å². The molecule has 0 bridgehead atoms. The van der Waals surface area contributed by atoms with Gasteiger partial charge >= 0.3 is 63.7 Å². The Bertz CT molecular complexity index is 563. The van der Waals surface area contributed by atoms with Gasteiger partial charge in [-0.3, -0.25) is 0 Å². The van der Waals surface area contributed by atoms with E-state index in [4.69, 9.17) is 0 Å². The van der Waals surface area contributed by atoms with Crippen molar-refractivity contribution in [3.05, 3.63) is 0 Å². The fourth-order valence-electron chi connectivity index (χ4n) is 1.93. The molecule has 2 atom stereocenters. The molecule has 26 heavy (non-hydrogen) atoms. The molecule has 0 aliphatic rings. The van der Waals surface area contributed by atoms with Crippen LogP contribution in [0.4, 0.5) is 30.7 Å². The summed E-state index contributed by atoms with van der Waals surface area (Å²) in [5.74, 6) is -5.96. The molecule has 0 saturated carbocycles. The van der Waals surface area contributed by atoms with E-state index < -0.39 is 71.6 Å². The van der Waals surface area contributed by atoms with E-state index in [1.54, 1.807) is 0 Å². The Labute approximate surface area is 188 Å². The molecule has 0 amide bonds. The van der Waals surface area contributed by atoms with E-state index in [9.17, 15) is 49.1 Å². The van der Waals surface area contributed by atoms with Gasteiger partial charge in [-0.2, -0.15) is 30.6 Å². The van der Waals surface area contributed by atoms with Gasteiger partial charge in [-0.05, 0) is 13.3 Å². The summed E-state index contributed by atoms with van der Waals surface area (Å²) in [5.41, 5.74) is -4.16. The molecule has 2 unspecified atom stereocenters. The summed E-state index contributed by atoms with van der Waals surface area (Å²) >= 11 is 0. The second-order valence-electron chi connectivity index (χ2n) is 5.54. The second kappa shape index (κ2) is 10.3. The van der Waals surface area contributed by atoms with Crippen molar-refractivity contribution < 1.29 is 100 Å². The van der Waals surface area contributed by atoms with Crippen molar-refractivity contribution in [1.82, 2.24) is 4.31 Å². The third kappa shape index (κ3) is 9.15. The zero-order valence-corrected chi connectivity index (χ0v) is 18.2. The van der Waals surface area contributed by atoms with E-state index in [0.717, 1.165) is 0 Å². The average molecular weight is 443 g/mol. The monoisotopic (exact) mass is 443 g/mol. The molecule has 0 fully saturated rings. The van der Waals surface area contributed by atoms with Crippen molar-refractivity contribution in [3.63, 3.8) is 0 Å². The Morgan fingerprint density at radius 2 is 1.58 bits per heavy atom. The van der Waals surface area contributed by atoms with Gasteiger partial charge in [0.25, 0.3) is 0 Å². The van der Waals surface area contributed by atoms with Crippen molar-refractivity contribution in [1.29, 1.82) is 0 Å². The Morgan fingerprint density at radius 1 is 1.12 bits per heavy atom.